The number of rotatable bonds is 6. The number of hydrogen-bond donors (Lipinski definition) is 3. The molecule has 1 fully saturated rings. The van der Waals surface area contributed by atoms with Crippen LogP contribution in [-0.2, 0) is 4.79 Å². The minimum atomic E-state index is -0.583. The van der Waals surface area contributed by atoms with E-state index in [2.05, 4.69) is 10.6 Å². The molecule has 2 rings (SSSR count). The Morgan fingerprint density at radius 3 is 2.54 bits per heavy atom. The van der Waals surface area contributed by atoms with E-state index in [1.807, 2.05) is 13.8 Å². The molecule has 0 aromatic heterocycles. The second-order valence-electron chi connectivity index (χ2n) is 6.90. The molecule has 2 atom stereocenters. The fourth-order valence-corrected chi connectivity index (χ4v) is 3.23. The molecular formula is C19H29Cl2N3O2. The lowest BCUT2D eigenvalue weighted by molar-refractivity contribution is -0.118. The Labute approximate surface area is 166 Å². The van der Waals surface area contributed by atoms with Gasteiger partial charge in [-0.15, -0.1) is 12.4 Å². The SMILES string of the molecule is CCC(C)C(N)C(=O)Nc1ccc(Cl)c(C(=O)NC2CCCCC2)c1.Cl. The molecule has 0 spiro atoms. The van der Waals surface area contributed by atoms with E-state index in [1.165, 1.54) is 6.42 Å². The molecule has 146 valence electrons. The van der Waals surface area contributed by atoms with Gasteiger partial charge in [-0.05, 0) is 37.0 Å². The van der Waals surface area contributed by atoms with Gasteiger partial charge < -0.3 is 16.4 Å². The largest absolute Gasteiger partial charge is 0.349 e. The van der Waals surface area contributed by atoms with Crippen LogP contribution in [0.2, 0.25) is 5.02 Å². The molecule has 1 saturated carbocycles. The maximum Gasteiger partial charge on any atom is 0.253 e. The normalized spacial score (nSPS) is 16.9. The van der Waals surface area contributed by atoms with E-state index in [9.17, 15) is 9.59 Å². The maximum absolute atomic E-state index is 12.5. The average Bonchev–Trinajstić information content (AvgIpc) is 2.62. The third-order valence-corrected chi connectivity index (χ3v) is 5.31. The Morgan fingerprint density at radius 2 is 1.92 bits per heavy atom. The van der Waals surface area contributed by atoms with Crippen molar-refractivity contribution in [2.24, 2.45) is 11.7 Å². The molecule has 0 saturated heterocycles. The number of halogens is 2. The fraction of sp³-hybridized carbons (Fsp3) is 0.579. The summed E-state index contributed by atoms with van der Waals surface area (Å²) in [4.78, 5) is 24.8. The van der Waals surface area contributed by atoms with Gasteiger partial charge in [0, 0.05) is 11.7 Å². The van der Waals surface area contributed by atoms with Crippen LogP contribution in [0.1, 0.15) is 62.7 Å². The quantitative estimate of drug-likeness (QED) is 0.669. The van der Waals surface area contributed by atoms with Gasteiger partial charge in [-0.2, -0.15) is 0 Å². The Kier molecular flexibility index (Phi) is 9.41. The number of hydrogen-bond acceptors (Lipinski definition) is 3. The van der Waals surface area contributed by atoms with Crippen molar-refractivity contribution in [3.8, 4) is 0 Å². The highest BCUT2D eigenvalue weighted by Crippen LogP contribution is 2.23. The smallest absolute Gasteiger partial charge is 0.253 e. The zero-order valence-corrected chi connectivity index (χ0v) is 17.0. The average molecular weight is 402 g/mol. The molecule has 4 N–H and O–H groups in total. The fourth-order valence-electron chi connectivity index (χ4n) is 3.03. The number of benzene rings is 1. The monoisotopic (exact) mass is 401 g/mol. The summed E-state index contributed by atoms with van der Waals surface area (Å²) in [5.74, 6) is -0.365. The highest BCUT2D eigenvalue weighted by molar-refractivity contribution is 6.34. The van der Waals surface area contributed by atoms with Gasteiger partial charge in [0.2, 0.25) is 5.91 Å². The second kappa shape index (κ2) is 10.8. The van der Waals surface area contributed by atoms with E-state index >= 15 is 0 Å². The topological polar surface area (TPSA) is 84.2 Å². The number of carbonyl (C=O) groups excluding carboxylic acids is 2. The van der Waals surface area contributed by atoms with Crippen molar-refractivity contribution in [1.82, 2.24) is 5.32 Å². The van der Waals surface area contributed by atoms with Crippen LogP contribution in [0.4, 0.5) is 5.69 Å². The first-order chi connectivity index (χ1) is 11.9. The molecule has 2 amide bonds. The predicted octanol–water partition coefficient (Wildman–Crippen LogP) is 4.14. The van der Waals surface area contributed by atoms with Crippen LogP contribution in [-0.4, -0.2) is 23.9 Å². The summed E-state index contributed by atoms with van der Waals surface area (Å²) in [5, 5.41) is 6.20. The lowest BCUT2D eigenvalue weighted by Crippen LogP contribution is -2.40. The molecule has 5 nitrogen and oxygen atoms in total. The van der Waals surface area contributed by atoms with Gasteiger partial charge in [0.05, 0.1) is 16.6 Å². The molecule has 1 aromatic rings. The van der Waals surface area contributed by atoms with Gasteiger partial charge in [0.25, 0.3) is 5.91 Å². The van der Waals surface area contributed by atoms with E-state index in [0.717, 1.165) is 32.1 Å². The van der Waals surface area contributed by atoms with Gasteiger partial charge in [0.15, 0.2) is 0 Å². The molecule has 0 aliphatic heterocycles. The molecule has 2 unspecified atom stereocenters. The third kappa shape index (κ3) is 6.15. The number of anilines is 1. The highest BCUT2D eigenvalue weighted by atomic mass is 35.5. The molecule has 7 heteroatoms. The van der Waals surface area contributed by atoms with E-state index in [0.29, 0.717) is 16.3 Å². The third-order valence-electron chi connectivity index (χ3n) is 4.98. The van der Waals surface area contributed by atoms with Crippen molar-refractivity contribution in [1.29, 1.82) is 0 Å². The number of nitrogens with two attached hydrogens (primary N) is 1. The maximum atomic E-state index is 12.5. The summed E-state index contributed by atoms with van der Waals surface area (Å²) in [6.45, 7) is 3.93. The van der Waals surface area contributed by atoms with E-state index in [1.54, 1.807) is 18.2 Å². The Morgan fingerprint density at radius 1 is 1.27 bits per heavy atom. The van der Waals surface area contributed by atoms with Crippen molar-refractivity contribution >= 4 is 41.5 Å². The van der Waals surface area contributed by atoms with E-state index < -0.39 is 6.04 Å². The summed E-state index contributed by atoms with van der Waals surface area (Å²) in [6, 6.07) is 4.54. The second-order valence-corrected chi connectivity index (χ2v) is 7.31. The molecule has 0 heterocycles. The summed E-state index contributed by atoms with van der Waals surface area (Å²) >= 11 is 6.18. The lowest BCUT2D eigenvalue weighted by atomic mass is 9.95. The predicted molar refractivity (Wildman–Crippen MR) is 109 cm³/mol. The Balaban J connectivity index is 0.00000338. The first-order valence-electron chi connectivity index (χ1n) is 9.09. The number of carbonyl (C=O) groups is 2. The molecule has 26 heavy (non-hydrogen) atoms. The number of nitrogens with one attached hydrogen (secondary N) is 2. The van der Waals surface area contributed by atoms with Gasteiger partial charge in [-0.3, -0.25) is 9.59 Å². The Hall–Kier alpha value is -1.30. The minimum Gasteiger partial charge on any atom is -0.349 e. The van der Waals surface area contributed by atoms with Crippen LogP contribution in [0.3, 0.4) is 0 Å². The summed E-state index contributed by atoms with van der Waals surface area (Å²) in [5.41, 5.74) is 6.86. The van der Waals surface area contributed by atoms with Crippen LogP contribution in [0, 0.1) is 5.92 Å². The van der Waals surface area contributed by atoms with Crippen molar-refractivity contribution in [3.63, 3.8) is 0 Å². The lowest BCUT2D eigenvalue weighted by Gasteiger charge is -2.23. The van der Waals surface area contributed by atoms with Crippen LogP contribution < -0.4 is 16.4 Å². The van der Waals surface area contributed by atoms with E-state index in [-0.39, 0.29) is 36.2 Å². The summed E-state index contributed by atoms with van der Waals surface area (Å²) < 4.78 is 0. The first kappa shape index (κ1) is 22.7. The summed E-state index contributed by atoms with van der Waals surface area (Å²) in [6.07, 6.45) is 6.34. The van der Waals surface area contributed by atoms with Gasteiger partial charge in [-0.1, -0.05) is 51.1 Å². The molecule has 1 aliphatic carbocycles. The standard InChI is InChI=1S/C19H28ClN3O2.ClH/c1-3-12(2)17(21)19(25)23-14-9-10-16(20)15(11-14)18(24)22-13-7-5-4-6-8-13;/h9-13,17H,3-8,21H2,1-2H3,(H,22,24)(H,23,25);1H. The van der Waals surface area contributed by atoms with Gasteiger partial charge in [-0.25, -0.2) is 0 Å². The molecule has 0 bridgehead atoms. The van der Waals surface area contributed by atoms with Crippen molar-refractivity contribution in [2.75, 3.05) is 5.32 Å². The zero-order valence-electron chi connectivity index (χ0n) is 15.4. The van der Waals surface area contributed by atoms with E-state index in [4.69, 9.17) is 17.3 Å². The van der Waals surface area contributed by atoms with Crippen LogP contribution in [0.15, 0.2) is 18.2 Å². The highest BCUT2D eigenvalue weighted by Gasteiger charge is 2.21. The summed E-state index contributed by atoms with van der Waals surface area (Å²) in [7, 11) is 0. The molecule has 0 radical (unpaired) electrons. The number of amides is 2. The van der Waals surface area contributed by atoms with Crippen molar-refractivity contribution in [2.45, 2.75) is 64.5 Å². The molecular weight excluding hydrogens is 373 g/mol. The van der Waals surface area contributed by atoms with Crippen LogP contribution >= 0.6 is 24.0 Å². The van der Waals surface area contributed by atoms with Crippen LogP contribution in [0.25, 0.3) is 0 Å². The zero-order chi connectivity index (χ0) is 18.4. The first-order valence-corrected chi connectivity index (χ1v) is 9.47. The van der Waals surface area contributed by atoms with Crippen molar-refractivity contribution in [3.05, 3.63) is 28.8 Å². The molecule has 1 aliphatic rings. The van der Waals surface area contributed by atoms with Crippen LogP contribution in [0.5, 0.6) is 0 Å². The van der Waals surface area contributed by atoms with Gasteiger partial charge >= 0.3 is 0 Å². The van der Waals surface area contributed by atoms with Gasteiger partial charge in [0.1, 0.15) is 0 Å². The Bertz CT molecular complexity index is 619. The minimum absolute atomic E-state index is 0. The van der Waals surface area contributed by atoms with Crippen molar-refractivity contribution < 1.29 is 9.59 Å². The molecule has 1 aromatic carbocycles.